The third-order valence-corrected chi connectivity index (χ3v) is 6.85. The fourth-order valence-corrected chi connectivity index (χ4v) is 4.59. The molecule has 0 bridgehead atoms. The molecule has 4 aromatic carbocycles. The molecule has 0 saturated carbocycles. The van der Waals surface area contributed by atoms with Crippen LogP contribution >= 0.6 is 0 Å². The Bertz CT molecular complexity index is 1310. The van der Waals surface area contributed by atoms with Crippen LogP contribution in [0.4, 0.5) is 9.59 Å². The van der Waals surface area contributed by atoms with Gasteiger partial charge < -0.3 is 19.7 Å². The van der Waals surface area contributed by atoms with Crippen LogP contribution in [-0.2, 0) is 34.8 Å². The number of amides is 2. The molecule has 0 saturated heterocycles. The van der Waals surface area contributed by atoms with Gasteiger partial charge >= 0.3 is 12.2 Å². The smallest absolute Gasteiger partial charge is 0.409 e. The van der Waals surface area contributed by atoms with E-state index in [1.807, 2.05) is 91.0 Å². The third kappa shape index (κ3) is 9.19. The van der Waals surface area contributed by atoms with E-state index in [1.54, 1.807) is 30.3 Å². The van der Waals surface area contributed by atoms with Crippen molar-refractivity contribution in [1.82, 2.24) is 10.6 Å². The van der Waals surface area contributed by atoms with Gasteiger partial charge in [0.1, 0.15) is 18.9 Å². The molecule has 0 aliphatic carbocycles. The zero-order valence-electron chi connectivity index (χ0n) is 23.3. The van der Waals surface area contributed by atoms with Crippen molar-refractivity contribution in [3.63, 3.8) is 0 Å². The number of alkyl carbamates (subject to hydrolysis) is 2. The number of ether oxygens (including phenoxy) is 2. The van der Waals surface area contributed by atoms with E-state index in [9.17, 15) is 19.8 Å². The number of carbonyl (C=O) groups excluding carboxylic acids is 2. The van der Waals surface area contributed by atoms with Crippen LogP contribution in [0.2, 0.25) is 0 Å². The van der Waals surface area contributed by atoms with E-state index >= 15 is 0 Å². The summed E-state index contributed by atoms with van der Waals surface area (Å²) in [7, 11) is 0. The lowest BCUT2D eigenvalue weighted by Gasteiger charge is -2.37. The lowest BCUT2D eigenvalue weighted by atomic mass is 9.89. The monoisotopic (exact) mass is 568 g/mol. The Balaban J connectivity index is 1.55. The van der Waals surface area contributed by atoms with Gasteiger partial charge in [0.15, 0.2) is 0 Å². The quantitative estimate of drug-likeness (QED) is 0.160. The van der Waals surface area contributed by atoms with E-state index < -0.39 is 30.1 Å². The van der Waals surface area contributed by atoms with Crippen molar-refractivity contribution in [3.05, 3.63) is 144 Å². The number of hydrogen-bond donors (Lipinski definition) is 4. The number of aryl methyl sites for hydroxylation is 1. The standard InChI is InChI=1S/C34H36N2O6/c37-30(22-21-26-13-5-1-6-14-26)31(38)23-34(29-19-11-4-12-20-29,35-32(39)41-24-27-15-7-2-8-16-27)36-33(40)42-25-28-17-9-3-10-18-28/h1-20,30-31,37-38H,21-25H2,(H,35,39)(H,36,40). The molecule has 2 amide bonds. The van der Waals surface area contributed by atoms with Gasteiger partial charge in [0.05, 0.1) is 12.2 Å². The molecular formula is C34H36N2O6. The van der Waals surface area contributed by atoms with Gasteiger partial charge in [0.2, 0.25) is 0 Å². The van der Waals surface area contributed by atoms with Gasteiger partial charge in [0.25, 0.3) is 0 Å². The molecule has 4 aromatic rings. The maximum atomic E-state index is 13.2. The molecule has 0 radical (unpaired) electrons. The molecule has 42 heavy (non-hydrogen) atoms. The number of rotatable bonds is 13. The van der Waals surface area contributed by atoms with Gasteiger partial charge in [-0.3, -0.25) is 10.6 Å². The summed E-state index contributed by atoms with van der Waals surface area (Å²) in [4.78, 5) is 26.3. The number of hydrogen-bond acceptors (Lipinski definition) is 6. The van der Waals surface area contributed by atoms with Crippen molar-refractivity contribution in [2.24, 2.45) is 0 Å². The molecule has 0 fully saturated rings. The van der Waals surface area contributed by atoms with E-state index in [-0.39, 0.29) is 26.1 Å². The second-order valence-electron chi connectivity index (χ2n) is 10.0. The normalized spacial score (nSPS) is 12.5. The molecule has 0 aromatic heterocycles. The first-order valence-electron chi connectivity index (χ1n) is 13.9. The summed E-state index contributed by atoms with van der Waals surface area (Å²) in [5.74, 6) is 0. The average molecular weight is 569 g/mol. The van der Waals surface area contributed by atoms with Gasteiger partial charge in [-0.15, -0.1) is 0 Å². The highest BCUT2D eigenvalue weighted by Gasteiger charge is 2.40. The minimum absolute atomic E-state index is 0.00174. The van der Waals surface area contributed by atoms with E-state index in [2.05, 4.69) is 10.6 Å². The molecule has 2 atom stereocenters. The Hall–Kier alpha value is -4.66. The van der Waals surface area contributed by atoms with E-state index in [4.69, 9.17) is 9.47 Å². The number of nitrogens with one attached hydrogen (secondary N) is 2. The third-order valence-electron chi connectivity index (χ3n) is 6.85. The maximum absolute atomic E-state index is 13.2. The summed E-state index contributed by atoms with van der Waals surface area (Å²) in [6.07, 6.45) is -3.55. The fraction of sp³-hybridized carbons (Fsp3) is 0.235. The first-order chi connectivity index (χ1) is 20.4. The van der Waals surface area contributed by atoms with Crippen molar-refractivity contribution in [2.75, 3.05) is 0 Å². The van der Waals surface area contributed by atoms with Gasteiger partial charge in [-0.25, -0.2) is 9.59 Å². The molecule has 4 rings (SSSR count). The lowest BCUT2D eigenvalue weighted by Crippen LogP contribution is -2.60. The Morgan fingerprint density at radius 1 is 0.595 bits per heavy atom. The first-order valence-corrected chi connectivity index (χ1v) is 13.9. The summed E-state index contributed by atoms with van der Waals surface area (Å²) >= 11 is 0. The molecule has 0 aliphatic heterocycles. The largest absolute Gasteiger partial charge is 0.445 e. The van der Waals surface area contributed by atoms with Crippen LogP contribution in [0, 0.1) is 0 Å². The minimum Gasteiger partial charge on any atom is -0.445 e. The highest BCUT2D eigenvalue weighted by molar-refractivity contribution is 5.73. The van der Waals surface area contributed by atoms with Crippen LogP contribution in [0.5, 0.6) is 0 Å². The number of benzene rings is 4. The Morgan fingerprint density at radius 3 is 1.45 bits per heavy atom. The van der Waals surface area contributed by atoms with Crippen molar-refractivity contribution in [2.45, 2.75) is 50.3 Å². The van der Waals surface area contributed by atoms with Crippen LogP contribution in [0.15, 0.2) is 121 Å². The second kappa shape index (κ2) is 15.4. The molecule has 0 spiro atoms. The van der Waals surface area contributed by atoms with Crippen LogP contribution in [0.3, 0.4) is 0 Å². The number of aliphatic hydroxyl groups is 2. The number of carbonyl (C=O) groups is 2. The SMILES string of the molecule is O=C(NC(CC(O)C(O)CCc1ccccc1)(NC(=O)OCc1ccccc1)c1ccccc1)OCc1ccccc1. The highest BCUT2D eigenvalue weighted by atomic mass is 16.6. The summed E-state index contributed by atoms with van der Waals surface area (Å²) in [5, 5.41) is 27.6. The predicted molar refractivity (Wildman–Crippen MR) is 159 cm³/mol. The topological polar surface area (TPSA) is 117 Å². The second-order valence-corrected chi connectivity index (χ2v) is 10.0. The Labute approximate surface area is 245 Å². The highest BCUT2D eigenvalue weighted by Crippen LogP contribution is 2.27. The zero-order valence-corrected chi connectivity index (χ0v) is 23.3. The molecular weight excluding hydrogens is 532 g/mol. The molecule has 8 heteroatoms. The Kier molecular flexibility index (Phi) is 11.1. The molecule has 8 nitrogen and oxygen atoms in total. The molecule has 4 N–H and O–H groups in total. The lowest BCUT2D eigenvalue weighted by molar-refractivity contribution is -0.0137. The summed E-state index contributed by atoms with van der Waals surface area (Å²) in [5.41, 5.74) is 1.38. The molecule has 2 unspecified atom stereocenters. The predicted octanol–water partition coefficient (Wildman–Crippen LogP) is 5.44. The minimum atomic E-state index is -1.67. The van der Waals surface area contributed by atoms with E-state index in [0.717, 1.165) is 16.7 Å². The first kappa shape index (κ1) is 30.3. The van der Waals surface area contributed by atoms with Crippen molar-refractivity contribution in [3.8, 4) is 0 Å². The summed E-state index contributed by atoms with van der Waals surface area (Å²) < 4.78 is 11.0. The van der Waals surface area contributed by atoms with E-state index in [0.29, 0.717) is 12.0 Å². The van der Waals surface area contributed by atoms with Gasteiger partial charge in [-0.2, -0.15) is 0 Å². The molecule has 218 valence electrons. The van der Waals surface area contributed by atoms with Gasteiger partial charge in [-0.1, -0.05) is 121 Å². The maximum Gasteiger partial charge on any atom is 0.409 e. The average Bonchev–Trinajstić information content (AvgIpc) is 3.03. The molecule has 0 aliphatic rings. The van der Waals surface area contributed by atoms with Crippen molar-refractivity contribution in [1.29, 1.82) is 0 Å². The number of aliphatic hydroxyl groups excluding tert-OH is 2. The van der Waals surface area contributed by atoms with Crippen LogP contribution < -0.4 is 10.6 Å². The zero-order chi connectivity index (χ0) is 29.6. The van der Waals surface area contributed by atoms with Crippen LogP contribution in [0.1, 0.15) is 35.1 Å². The van der Waals surface area contributed by atoms with Crippen LogP contribution in [-0.4, -0.2) is 34.6 Å². The fourth-order valence-electron chi connectivity index (χ4n) is 4.59. The van der Waals surface area contributed by atoms with E-state index in [1.165, 1.54) is 0 Å². The summed E-state index contributed by atoms with van der Waals surface area (Å²) in [6, 6.07) is 36.7. The Morgan fingerprint density at radius 2 is 1.00 bits per heavy atom. The van der Waals surface area contributed by atoms with Crippen molar-refractivity contribution >= 4 is 12.2 Å². The molecule has 0 heterocycles. The summed E-state index contributed by atoms with van der Waals surface area (Å²) in [6.45, 7) is -0.00347. The van der Waals surface area contributed by atoms with Crippen LogP contribution in [0.25, 0.3) is 0 Å². The van der Waals surface area contributed by atoms with Crippen molar-refractivity contribution < 1.29 is 29.3 Å². The van der Waals surface area contributed by atoms with Gasteiger partial charge in [0, 0.05) is 6.42 Å². The van der Waals surface area contributed by atoms with Gasteiger partial charge in [-0.05, 0) is 35.1 Å².